The average Bonchev–Trinajstić information content (AvgIpc) is 2.31. The van der Waals surface area contributed by atoms with Gasteiger partial charge in [-0.15, -0.1) is 0 Å². The van der Waals surface area contributed by atoms with Crippen molar-refractivity contribution in [2.45, 2.75) is 13.3 Å². The molecule has 0 aliphatic heterocycles. The molecule has 2 aromatic rings. The second-order valence-corrected chi connectivity index (χ2v) is 6.59. The Balaban J connectivity index is 2.25. The number of aryl methyl sites for hydroxylation is 1. The number of carbonyl (C=O) groups excluding carboxylic acids is 1. The number of hydrogen-bond acceptors (Lipinski definition) is 1. The molecule has 0 aliphatic rings. The minimum absolute atomic E-state index is 0.0635. The van der Waals surface area contributed by atoms with Gasteiger partial charge in [-0.05, 0) is 48.4 Å². The van der Waals surface area contributed by atoms with E-state index in [-0.39, 0.29) is 5.78 Å². The lowest BCUT2D eigenvalue weighted by molar-refractivity contribution is 0.0993. The van der Waals surface area contributed by atoms with E-state index in [0.717, 1.165) is 20.1 Å². The van der Waals surface area contributed by atoms with Crippen LogP contribution in [0.2, 0.25) is 5.02 Å². The summed E-state index contributed by atoms with van der Waals surface area (Å²) in [6.45, 7) is 1.97. The molecule has 0 heterocycles. The standard InChI is InChI=1S/C15H11Br2ClO/c1-9-4-11(6-13(17)5-9)15(19)7-10-2-3-12(16)8-14(10)18/h2-6,8H,7H2,1H3. The van der Waals surface area contributed by atoms with Crippen molar-refractivity contribution < 1.29 is 4.79 Å². The number of hydrogen-bond donors (Lipinski definition) is 0. The minimum atomic E-state index is 0.0635. The van der Waals surface area contributed by atoms with Gasteiger partial charge in [-0.2, -0.15) is 0 Å². The first kappa shape index (κ1) is 14.8. The van der Waals surface area contributed by atoms with Gasteiger partial charge in [0.05, 0.1) is 0 Å². The first-order valence-electron chi connectivity index (χ1n) is 5.70. The van der Waals surface area contributed by atoms with Gasteiger partial charge in [0.1, 0.15) is 0 Å². The van der Waals surface area contributed by atoms with Crippen LogP contribution in [0.1, 0.15) is 21.5 Å². The molecule has 0 saturated carbocycles. The Kier molecular flexibility index (Phi) is 4.82. The number of halogens is 3. The molecule has 4 heteroatoms. The van der Waals surface area contributed by atoms with E-state index in [1.54, 1.807) is 6.07 Å². The summed E-state index contributed by atoms with van der Waals surface area (Å²) >= 11 is 12.9. The van der Waals surface area contributed by atoms with E-state index in [9.17, 15) is 4.79 Å². The highest BCUT2D eigenvalue weighted by Crippen LogP contribution is 2.23. The van der Waals surface area contributed by atoms with Crippen LogP contribution in [0.25, 0.3) is 0 Å². The summed E-state index contributed by atoms with van der Waals surface area (Å²) in [4.78, 5) is 12.3. The zero-order valence-corrected chi connectivity index (χ0v) is 14.1. The van der Waals surface area contributed by atoms with Crippen LogP contribution < -0.4 is 0 Å². The Morgan fingerprint density at radius 3 is 2.47 bits per heavy atom. The van der Waals surface area contributed by atoms with Gasteiger partial charge in [0.15, 0.2) is 5.78 Å². The van der Waals surface area contributed by atoms with Crippen LogP contribution in [-0.2, 0) is 6.42 Å². The normalized spacial score (nSPS) is 10.5. The van der Waals surface area contributed by atoms with Crippen LogP contribution in [-0.4, -0.2) is 5.78 Å². The fraction of sp³-hybridized carbons (Fsp3) is 0.133. The first-order chi connectivity index (χ1) is 8.95. The van der Waals surface area contributed by atoms with E-state index < -0.39 is 0 Å². The van der Waals surface area contributed by atoms with Crippen molar-refractivity contribution in [2.75, 3.05) is 0 Å². The molecule has 0 radical (unpaired) electrons. The molecule has 0 spiro atoms. The maximum Gasteiger partial charge on any atom is 0.167 e. The second-order valence-electron chi connectivity index (χ2n) is 4.35. The van der Waals surface area contributed by atoms with Crippen molar-refractivity contribution >= 4 is 49.2 Å². The highest BCUT2D eigenvalue weighted by Gasteiger charge is 2.11. The van der Waals surface area contributed by atoms with Crippen molar-refractivity contribution in [3.8, 4) is 0 Å². The van der Waals surface area contributed by atoms with Gasteiger partial charge in [-0.1, -0.05) is 49.5 Å². The van der Waals surface area contributed by atoms with Gasteiger partial charge in [0.25, 0.3) is 0 Å². The lowest BCUT2D eigenvalue weighted by atomic mass is 10.0. The number of ketones is 1. The Morgan fingerprint density at radius 1 is 1.11 bits per heavy atom. The summed E-state index contributed by atoms with van der Waals surface area (Å²) in [7, 11) is 0. The molecular formula is C15H11Br2ClO. The molecule has 19 heavy (non-hydrogen) atoms. The maximum atomic E-state index is 12.3. The highest BCUT2D eigenvalue weighted by molar-refractivity contribution is 9.10. The Labute approximate surface area is 134 Å². The van der Waals surface area contributed by atoms with E-state index in [0.29, 0.717) is 17.0 Å². The predicted molar refractivity (Wildman–Crippen MR) is 86.1 cm³/mol. The van der Waals surface area contributed by atoms with Crippen molar-refractivity contribution in [1.82, 2.24) is 0 Å². The molecule has 0 saturated heterocycles. The molecule has 98 valence electrons. The third-order valence-electron chi connectivity index (χ3n) is 2.73. The molecule has 0 atom stereocenters. The molecule has 2 rings (SSSR count). The molecular weight excluding hydrogens is 391 g/mol. The molecule has 2 aromatic carbocycles. The van der Waals surface area contributed by atoms with Gasteiger partial charge in [0, 0.05) is 26.0 Å². The van der Waals surface area contributed by atoms with Crippen molar-refractivity contribution in [1.29, 1.82) is 0 Å². The van der Waals surface area contributed by atoms with Crippen LogP contribution >= 0.6 is 43.5 Å². The number of benzene rings is 2. The predicted octanol–water partition coefficient (Wildman–Crippen LogP) is 5.60. The third kappa shape index (κ3) is 3.91. The molecule has 0 aliphatic carbocycles. The van der Waals surface area contributed by atoms with Crippen molar-refractivity contribution in [2.24, 2.45) is 0 Å². The van der Waals surface area contributed by atoms with Crippen LogP contribution in [0.4, 0.5) is 0 Å². The van der Waals surface area contributed by atoms with E-state index in [4.69, 9.17) is 11.6 Å². The van der Waals surface area contributed by atoms with Gasteiger partial charge in [-0.25, -0.2) is 0 Å². The van der Waals surface area contributed by atoms with Gasteiger partial charge < -0.3 is 0 Å². The quantitative estimate of drug-likeness (QED) is 0.611. The number of carbonyl (C=O) groups is 1. The Morgan fingerprint density at radius 2 is 1.84 bits per heavy atom. The summed E-state index contributed by atoms with van der Waals surface area (Å²) in [5.74, 6) is 0.0635. The maximum absolute atomic E-state index is 12.3. The zero-order valence-electron chi connectivity index (χ0n) is 10.2. The van der Waals surface area contributed by atoms with Crippen LogP contribution in [0.3, 0.4) is 0 Å². The lowest BCUT2D eigenvalue weighted by Crippen LogP contribution is -2.04. The van der Waals surface area contributed by atoms with E-state index in [2.05, 4.69) is 31.9 Å². The lowest BCUT2D eigenvalue weighted by Gasteiger charge is -2.06. The minimum Gasteiger partial charge on any atom is -0.294 e. The monoisotopic (exact) mass is 400 g/mol. The molecule has 0 aromatic heterocycles. The molecule has 0 unspecified atom stereocenters. The Hall–Kier alpha value is -0.640. The largest absolute Gasteiger partial charge is 0.294 e. The van der Waals surface area contributed by atoms with Crippen molar-refractivity contribution in [3.63, 3.8) is 0 Å². The van der Waals surface area contributed by atoms with Gasteiger partial charge in [0.2, 0.25) is 0 Å². The summed E-state index contributed by atoms with van der Waals surface area (Å²) in [5.41, 5.74) is 2.60. The van der Waals surface area contributed by atoms with Gasteiger partial charge in [-0.3, -0.25) is 4.79 Å². The molecule has 0 fully saturated rings. The zero-order chi connectivity index (χ0) is 14.0. The van der Waals surface area contributed by atoms with Gasteiger partial charge >= 0.3 is 0 Å². The highest BCUT2D eigenvalue weighted by atomic mass is 79.9. The summed E-state index contributed by atoms with van der Waals surface area (Å²) in [6.07, 6.45) is 0.308. The summed E-state index contributed by atoms with van der Waals surface area (Å²) < 4.78 is 1.82. The molecule has 0 amide bonds. The first-order valence-corrected chi connectivity index (χ1v) is 7.66. The van der Waals surface area contributed by atoms with E-state index in [1.807, 2.05) is 37.3 Å². The van der Waals surface area contributed by atoms with Crippen LogP contribution in [0, 0.1) is 6.92 Å². The van der Waals surface area contributed by atoms with Crippen molar-refractivity contribution in [3.05, 3.63) is 67.1 Å². The number of rotatable bonds is 3. The summed E-state index contributed by atoms with van der Waals surface area (Å²) in [6, 6.07) is 11.3. The number of Topliss-reactive ketones (excluding diaryl/α,β-unsaturated/α-hetero) is 1. The average molecular weight is 403 g/mol. The molecule has 1 nitrogen and oxygen atoms in total. The fourth-order valence-electron chi connectivity index (χ4n) is 1.84. The third-order valence-corrected chi connectivity index (χ3v) is 4.03. The second kappa shape index (κ2) is 6.21. The Bertz CT molecular complexity index is 618. The SMILES string of the molecule is Cc1cc(Br)cc(C(=O)Cc2ccc(Br)cc2Cl)c1. The van der Waals surface area contributed by atoms with Crippen LogP contribution in [0.15, 0.2) is 45.3 Å². The molecule has 0 N–H and O–H groups in total. The van der Waals surface area contributed by atoms with Crippen LogP contribution in [0.5, 0.6) is 0 Å². The topological polar surface area (TPSA) is 17.1 Å². The smallest absolute Gasteiger partial charge is 0.167 e. The van der Waals surface area contributed by atoms with E-state index >= 15 is 0 Å². The fourth-order valence-corrected chi connectivity index (χ4v) is 3.19. The van der Waals surface area contributed by atoms with E-state index in [1.165, 1.54) is 0 Å². The summed E-state index contributed by atoms with van der Waals surface area (Å²) in [5, 5.41) is 0.606. The molecule has 0 bridgehead atoms.